The van der Waals surface area contributed by atoms with Crippen molar-refractivity contribution >= 4 is 36.8 Å². The summed E-state index contributed by atoms with van der Waals surface area (Å²) in [5, 5.41) is 0. The van der Waals surface area contributed by atoms with Crippen molar-refractivity contribution in [2.45, 2.75) is 31.2 Å². The molecule has 0 atom stereocenters. The van der Waals surface area contributed by atoms with Crippen LogP contribution in [0.25, 0.3) is 11.0 Å². The van der Waals surface area contributed by atoms with Crippen LogP contribution in [0.15, 0.2) is 51.8 Å². The Balaban J connectivity index is 2.02. The van der Waals surface area contributed by atoms with Gasteiger partial charge in [0.25, 0.3) is 0 Å². The molecule has 24 heavy (non-hydrogen) atoms. The summed E-state index contributed by atoms with van der Waals surface area (Å²) in [4.78, 5) is 5.11. The molecule has 0 radical (unpaired) electrons. The molecule has 1 aromatic heterocycles. The van der Waals surface area contributed by atoms with Crippen molar-refractivity contribution < 1.29 is 8.42 Å². The number of imidazole rings is 1. The smallest absolute Gasteiger partial charge is 0.175 e. The largest absolute Gasteiger partial charge is 0.325 e. The fourth-order valence-corrected chi connectivity index (χ4v) is 3.83. The van der Waals surface area contributed by atoms with Crippen LogP contribution in [-0.2, 0) is 16.3 Å². The third-order valence-electron chi connectivity index (χ3n) is 3.95. The van der Waals surface area contributed by atoms with Crippen LogP contribution in [0.5, 0.6) is 0 Å². The Morgan fingerprint density at radius 3 is 2.38 bits per heavy atom. The molecule has 0 fully saturated rings. The first kappa shape index (κ1) is 17.2. The van der Waals surface area contributed by atoms with Crippen molar-refractivity contribution in [3.8, 4) is 0 Å². The zero-order chi connectivity index (χ0) is 17.5. The maximum atomic E-state index is 11.6. The van der Waals surface area contributed by atoms with Crippen LogP contribution >= 0.6 is 15.9 Å². The standard InChI is InChI=1S/C18H19BrN2O2S/c1-12(2)21-17-11-14(19)6-9-16(17)20-18(21)10-13-4-7-15(8-5-13)24(3,22)23/h4-9,11-12H,10H2,1-3H3. The minimum atomic E-state index is -3.17. The van der Waals surface area contributed by atoms with Gasteiger partial charge in [-0.05, 0) is 49.7 Å². The van der Waals surface area contributed by atoms with E-state index < -0.39 is 9.84 Å². The maximum Gasteiger partial charge on any atom is 0.175 e. The molecule has 3 rings (SSSR count). The quantitative estimate of drug-likeness (QED) is 0.645. The molecule has 4 nitrogen and oxygen atoms in total. The van der Waals surface area contributed by atoms with Gasteiger partial charge < -0.3 is 4.57 Å². The minimum Gasteiger partial charge on any atom is -0.325 e. The van der Waals surface area contributed by atoms with E-state index in [4.69, 9.17) is 4.98 Å². The third kappa shape index (κ3) is 3.39. The molecule has 126 valence electrons. The molecule has 0 unspecified atom stereocenters. The zero-order valence-corrected chi connectivity index (χ0v) is 16.2. The van der Waals surface area contributed by atoms with Gasteiger partial charge in [0.05, 0.1) is 15.9 Å². The summed E-state index contributed by atoms with van der Waals surface area (Å²) in [5.74, 6) is 0.977. The van der Waals surface area contributed by atoms with Gasteiger partial charge in [0.1, 0.15) is 5.82 Å². The molecule has 2 aromatic carbocycles. The summed E-state index contributed by atoms with van der Waals surface area (Å²) in [6.45, 7) is 4.27. The highest BCUT2D eigenvalue weighted by atomic mass is 79.9. The van der Waals surface area contributed by atoms with Crippen molar-refractivity contribution in [1.29, 1.82) is 0 Å². The first-order chi connectivity index (χ1) is 11.3. The van der Waals surface area contributed by atoms with Gasteiger partial charge in [-0.3, -0.25) is 0 Å². The number of rotatable bonds is 4. The van der Waals surface area contributed by atoms with Gasteiger partial charge in [0.15, 0.2) is 9.84 Å². The van der Waals surface area contributed by atoms with Gasteiger partial charge >= 0.3 is 0 Å². The van der Waals surface area contributed by atoms with Gasteiger partial charge in [-0.2, -0.15) is 0 Å². The van der Waals surface area contributed by atoms with E-state index in [1.54, 1.807) is 12.1 Å². The van der Waals surface area contributed by atoms with E-state index in [2.05, 4.69) is 40.4 Å². The predicted octanol–water partition coefficient (Wildman–Crippen LogP) is 4.37. The normalized spacial score (nSPS) is 12.2. The SMILES string of the molecule is CC(C)n1c(Cc2ccc(S(C)(=O)=O)cc2)nc2ccc(Br)cc21. The highest BCUT2D eigenvalue weighted by molar-refractivity contribution is 9.10. The second-order valence-corrected chi connectivity index (χ2v) is 9.15. The molecule has 0 amide bonds. The number of nitrogens with zero attached hydrogens (tertiary/aromatic N) is 2. The van der Waals surface area contributed by atoms with Crippen LogP contribution < -0.4 is 0 Å². The Bertz CT molecular complexity index is 990. The van der Waals surface area contributed by atoms with Gasteiger partial charge in [-0.15, -0.1) is 0 Å². The second kappa shape index (κ2) is 6.33. The highest BCUT2D eigenvalue weighted by Crippen LogP contribution is 2.26. The summed E-state index contributed by atoms with van der Waals surface area (Å²) >= 11 is 3.52. The lowest BCUT2D eigenvalue weighted by molar-refractivity contribution is 0.591. The topological polar surface area (TPSA) is 52.0 Å². The number of hydrogen-bond donors (Lipinski definition) is 0. The monoisotopic (exact) mass is 406 g/mol. The second-order valence-electron chi connectivity index (χ2n) is 6.22. The lowest BCUT2D eigenvalue weighted by Crippen LogP contribution is -2.07. The van der Waals surface area contributed by atoms with Crippen molar-refractivity contribution in [2.24, 2.45) is 0 Å². The molecule has 0 aliphatic rings. The summed E-state index contributed by atoms with van der Waals surface area (Å²) in [6.07, 6.45) is 1.88. The van der Waals surface area contributed by atoms with Crippen molar-refractivity contribution in [3.05, 3.63) is 58.3 Å². The fourth-order valence-electron chi connectivity index (χ4n) is 2.85. The molecule has 0 aliphatic heterocycles. The molecule has 3 aromatic rings. The molecule has 0 aliphatic carbocycles. The lowest BCUT2D eigenvalue weighted by Gasteiger charge is -2.13. The van der Waals surface area contributed by atoms with E-state index >= 15 is 0 Å². The lowest BCUT2D eigenvalue weighted by atomic mass is 10.1. The molecule has 0 saturated carbocycles. The molecular formula is C18H19BrN2O2S. The number of aromatic nitrogens is 2. The molecule has 1 heterocycles. The molecule has 0 N–H and O–H groups in total. The third-order valence-corrected chi connectivity index (χ3v) is 5.58. The molecule has 6 heteroatoms. The van der Waals surface area contributed by atoms with E-state index in [1.165, 1.54) is 6.26 Å². The Kier molecular flexibility index (Phi) is 4.53. The molecule has 0 bridgehead atoms. The maximum absolute atomic E-state index is 11.6. The van der Waals surface area contributed by atoms with Crippen molar-refractivity contribution in [2.75, 3.05) is 6.26 Å². The number of fused-ring (bicyclic) bond motifs is 1. The number of benzene rings is 2. The first-order valence-electron chi connectivity index (χ1n) is 7.71. The Morgan fingerprint density at radius 2 is 1.79 bits per heavy atom. The average Bonchev–Trinajstić information content (AvgIpc) is 2.84. The summed E-state index contributed by atoms with van der Waals surface area (Å²) in [5.41, 5.74) is 3.11. The van der Waals surface area contributed by atoms with Gasteiger partial charge in [-0.25, -0.2) is 13.4 Å². The number of sulfone groups is 1. The van der Waals surface area contributed by atoms with E-state index in [1.807, 2.05) is 24.3 Å². The van der Waals surface area contributed by atoms with Crippen LogP contribution in [0.2, 0.25) is 0 Å². The van der Waals surface area contributed by atoms with E-state index in [9.17, 15) is 8.42 Å². The van der Waals surface area contributed by atoms with Crippen LogP contribution in [-0.4, -0.2) is 24.2 Å². The molecule has 0 spiro atoms. The van der Waals surface area contributed by atoms with Crippen LogP contribution in [0.3, 0.4) is 0 Å². The first-order valence-corrected chi connectivity index (χ1v) is 10.4. The predicted molar refractivity (Wildman–Crippen MR) is 100 cm³/mol. The molecular weight excluding hydrogens is 388 g/mol. The molecule has 0 saturated heterocycles. The van der Waals surface area contributed by atoms with Crippen molar-refractivity contribution in [3.63, 3.8) is 0 Å². The highest BCUT2D eigenvalue weighted by Gasteiger charge is 2.14. The Morgan fingerprint density at radius 1 is 1.12 bits per heavy atom. The van der Waals surface area contributed by atoms with E-state index in [0.29, 0.717) is 11.3 Å². The minimum absolute atomic E-state index is 0.287. The van der Waals surface area contributed by atoms with E-state index in [-0.39, 0.29) is 6.04 Å². The summed E-state index contributed by atoms with van der Waals surface area (Å²) in [6, 6.07) is 13.4. The van der Waals surface area contributed by atoms with Crippen LogP contribution in [0.1, 0.15) is 31.3 Å². The van der Waals surface area contributed by atoms with E-state index in [0.717, 1.165) is 26.9 Å². The summed E-state index contributed by atoms with van der Waals surface area (Å²) in [7, 11) is -3.17. The number of hydrogen-bond acceptors (Lipinski definition) is 3. The van der Waals surface area contributed by atoms with Crippen LogP contribution in [0.4, 0.5) is 0 Å². The number of halogens is 1. The van der Waals surface area contributed by atoms with Gasteiger partial charge in [0.2, 0.25) is 0 Å². The summed E-state index contributed by atoms with van der Waals surface area (Å²) < 4.78 is 26.4. The fraction of sp³-hybridized carbons (Fsp3) is 0.278. The zero-order valence-electron chi connectivity index (χ0n) is 13.8. The average molecular weight is 407 g/mol. The van der Waals surface area contributed by atoms with Crippen LogP contribution in [0, 0.1) is 0 Å². The van der Waals surface area contributed by atoms with Crippen molar-refractivity contribution in [1.82, 2.24) is 9.55 Å². The Labute approximate surface area is 150 Å². The Hall–Kier alpha value is -1.66. The van der Waals surface area contributed by atoms with Gasteiger partial charge in [0, 0.05) is 23.2 Å². The van der Waals surface area contributed by atoms with Gasteiger partial charge in [-0.1, -0.05) is 28.1 Å².